The van der Waals surface area contributed by atoms with Gasteiger partial charge in [0.1, 0.15) is 5.82 Å². The van der Waals surface area contributed by atoms with Crippen molar-refractivity contribution in [3.8, 4) is 0 Å². The molecule has 0 radical (unpaired) electrons. The van der Waals surface area contributed by atoms with Gasteiger partial charge in [-0.25, -0.2) is 4.39 Å². The summed E-state index contributed by atoms with van der Waals surface area (Å²) in [6.07, 6.45) is 1.58. The maximum Gasteiger partial charge on any atom is 0.124 e. The highest BCUT2D eigenvalue weighted by atomic mass is 79.9. The molecule has 0 aliphatic carbocycles. The summed E-state index contributed by atoms with van der Waals surface area (Å²) in [5.74, 6) is 0.737. The number of hydrogen-bond acceptors (Lipinski definition) is 0. The molecule has 0 fully saturated rings. The van der Waals surface area contributed by atoms with Crippen molar-refractivity contribution in [3.63, 3.8) is 0 Å². The molecule has 0 aliphatic rings. The second-order valence-electron chi connectivity index (χ2n) is 4.08. The number of halogens is 4. The number of rotatable bonds is 5. The molecule has 0 spiro atoms. The maximum atomic E-state index is 13.2. The Kier molecular flexibility index (Phi) is 5.55. The van der Waals surface area contributed by atoms with E-state index in [0.717, 1.165) is 16.5 Å². The van der Waals surface area contributed by atoms with Crippen LogP contribution in [0.25, 0.3) is 0 Å². The molecule has 16 heavy (non-hydrogen) atoms. The highest BCUT2D eigenvalue weighted by Gasteiger charge is 2.26. The Morgan fingerprint density at radius 3 is 2.31 bits per heavy atom. The third kappa shape index (κ3) is 3.61. The minimum atomic E-state index is -0.237. The number of alkyl halides is 2. The molecule has 0 nitrogen and oxygen atoms in total. The van der Waals surface area contributed by atoms with Crippen LogP contribution in [0.5, 0.6) is 0 Å². The molecule has 4 heteroatoms. The molecule has 0 atom stereocenters. The first-order valence-corrected chi connectivity index (χ1v) is 6.98. The van der Waals surface area contributed by atoms with Crippen LogP contribution in [-0.4, -0.2) is 11.8 Å². The average molecular weight is 328 g/mol. The second-order valence-corrected chi connectivity index (χ2v) is 5.53. The lowest BCUT2D eigenvalue weighted by Gasteiger charge is -2.28. The van der Waals surface area contributed by atoms with Gasteiger partial charge in [0.05, 0.1) is 0 Å². The molecule has 0 aromatic heterocycles. The van der Waals surface area contributed by atoms with Crippen molar-refractivity contribution in [2.45, 2.75) is 19.8 Å². The van der Waals surface area contributed by atoms with Crippen LogP contribution in [0.1, 0.15) is 18.9 Å². The molecule has 0 saturated carbocycles. The molecule has 1 aromatic rings. The van der Waals surface area contributed by atoms with Crippen LogP contribution in [0.15, 0.2) is 22.7 Å². The lowest BCUT2D eigenvalue weighted by molar-refractivity contribution is 0.361. The zero-order valence-electron chi connectivity index (χ0n) is 9.07. The molecule has 1 rings (SSSR count). The van der Waals surface area contributed by atoms with Gasteiger partial charge in [0.2, 0.25) is 0 Å². The normalized spacial score (nSPS) is 11.8. The average Bonchev–Trinajstić information content (AvgIpc) is 2.25. The zero-order chi connectivity index (χ0) is 12.2. The number of benzene rings is 1. The van der Waals surface area contributed by atoms with Gasteiger partial charge in [-0.3, -0.25) is 0 Å². The van der Waals surface area contributed by atoms with E-state index in [1.807, 2.05) is 6.07 Å². The quantitative estimate of drug-likeness (QED) is 0.667. The summed E-state index contributed by atoms with van der Waals surface area (Å²) < 4.78 is 14.0. The van der Waals surface area contributed by atoms with Crippen LogP contribution in [0.4, 0.5) is 4.39 Å². The summed E-state index contributed by atoms with van der Waals surface area (Å²) in [7, 11) is 0. The first kappa shape index (κ1) is 14.3. The summed E-state index contributed by atoms with van der Waals surface area (Å²) in [4.78, 5) is 0. The van der Waals surface area contributed by atoms with Gasteiger partial charge in [-0.1, -0.05) is 22.9 Å². The van der Waals surface area contributed by atoms with Gasteiger partial charge in [-0.2, -0.15) is 0 Å². The van der Waals surface area contributed by atoms with Crippen LogP contribution in [-0.2, 0) is 6.42 Å². The largest absolute Gasteiger partial charge is 0.207 e. The van der Waals surface area contributed by atoms with Crippen molar-refractivity contribution in [1.82, 2.24) is 0 Å². The highest BCUT2D eigenvalue weighted by molar-refractivity contribution is 9.10. The second kappa shape index (κ2) is 6.23. The van der Waals surface area contributed by atoms with Crippen LogP contribution in [0.3, 0.4) is 0 Å². The molecule has 0 saturated heterocycles. The van der Waals surface area contributed by atoms with Gasteiger partial charge in [0.25, 0.3) is 0 Å². The van der Waals surface area contributed by atoms with E-state index in [-0.39, 0.29) is 11.2 Å². The Bertz CT molecular complexity index is 322. The summed E-state index contributed by atoms with van der Waals surface area (Å²) in [6.45, 7) is 2.05. The molecule has 1 aromatic carbocycles. The van der Waals surface area contributed by atoms with E-state index < -0.39 is 0 Å². The topological polar surface area (TPSA) is 0 Å². The molecule has 90 valence electrons. The van der Waals surface area contributed by atoms with E-state index in [0.29, 0.717) is 18.2 Å². The lowest BCUT2D eigenvalue weighted by Crippen LogP contribution is -2.27. The van der Waals surface area contributed by atoms with Gasteiger partial charge < -0.3 is 0 Å². The van der Waals surface area contributed by atoms with Gasteiger partial charge in [0, 0.05) is 21.6 Å². The molecule has 0 heterocycles. The van der Waals surface area contributed by atoms with Crippen molar-refractivity contribution >= 4 is 39.1 Å². The Labute approximate surface area is 114 Å². The van der Waals surface area contributed by atoms with Gasteiger partial charge in [0.15, 0.2) is 0 Å². The molecule has 0 N–H and O–H groups in total. The molecule has 0 unspecified atom stereocenters. The predicted octanol–water partition coefficient (Wildman–Crippen LogP) is 5.00. The maximum absolute atomic E-state index is 13.2. The molecule has 0 amide bonds. The monoisotopic (exact) mass is 326 g/mol. The van der Waals surface area contributed by atoms with Crippen molar-refractivity contribution < 1.29 is 4.39 Å². The predicted molar refractivity (Wildman–Crippen MR) is 72.0 cm³/mol. The summed E-state index contributed by atoms with van der Waals surface area (Å²) in [5.41, 5.74) is 0.783. The van der Waals surface area contributed by atoms with Crippen LogP contribution in [0.2, 0.25) is 0 Å². The van der Waals surface area contributed by atoms with Crippen LogP contribution < -0.4 is 0 Å². The summed E-state index contributed by atoms with van der Waals surface area (Å²) in [6, 6.07) is 4.89. The lowest BCUT2D eigenvalue weighted by atomic mass is 9.83. The van der Waals surface area contributed by atoms with E-state index in [1.165, 1.54) is 12.1 Å². The standard InChI is InChI=1S/C12H14BrCl2F/c1-2-12(7-14,8-15)6-9-3-10(13)5-11(16)4-9/h3-5H,2,6-8H2,1H3. The highest BCUT2D eigenvalue weighted by Crippen LogP contribution is 2.31. The van der Waals surface area contributed by atoms with Crippen molar-refractivity contribution in [2.24, 2.45) is 5.41 Å². The Balaban J connectivity index is 2.93. The summed E-state index contributed by atoms with van der Waals surface area (Å²) in [5, 5.41) is 0. The van der Waals surface area contributed by atoms with Crippen LogP contribution in [0, 0.1) is 11.2 Å². The SMILES string of the molecule is CCC(CCl)(CCl)Cc1cc(F)cc(Br)c1. The van der Waals surface area contributed by atoms with E-state index in [2.05, 4.69) is 22.9 Å². The van der Waals surface area contributed by atoms with Crippen molar-refractivity contribution in [3.05, 3.63) is 34.1 Å². The van der Waals surface area contributed by atoms with Crippen molar-refractivity contribution in [2.75, 3.05) is 11.8 Å². The van der Waals surface area contributed by atoms with Gasteiger partial charge >= 0.3 is 0 Å². The van der Waals surface area contributed by atoms with E-state index in [4.69, 9.17) is 23.2 Å². The molecule has 0 aliphatic heterocycles. The fourth-order valence-electron chi connectivity index (χ4n) is 1.59. The van der Waals surface area contributed by atoms with Crippen molar-refractivity contribution in [1.29, 1.82) is 0 Å². The fraction of sp³-hybridized carbons (Fsp3) is 0.500. The third-order valence-corrected chi connectivity index (χ3v) is 4.41. The Morgan fingerprint density at radius 2 is 1.88 bits per heavy atom. The fourth-order valence-corrected chi connectivity index (χ4v) is 2.96. The van der Waals surface area contributed by atoms with Gasteiger partial charge in [-0.15, -0.1) is 23.2 Å². The number of hydrogen-bond donors (Lipinski definition) is 0. The third-order valence-electron chi connectivity index (χ3n) is 2.82. The molecular weight excluding hydrogens is 314 g/mol. The van der Waals surface area contributed by atoms with E-state index in [9.17, 15) is 4.39 Å². The first-order chi connectivity index (χ1) is 7.55. The first-order valence-electron chi connectivity index (χ1n) is 5.12. The summed E-state index contributed by atoms with van der Waals surface area (Å²) >= 11 is 15.2. The van der Waals surface area contributed by atoms with E-state index >= 15 is 0 Å². The minimum absolute atomic E-state index is 0.143. The van der Waals surface area contributed by atoms with E-state index in [1.54, 1.807) is 0 Å². The minimum Gasteiger partial charge on any atom is -0.207 e. The molecular formula is C12H14BrCl2F. The zero-order valence-corrected chi connectivity index (χ0v) is 12.2. The van der Waals surface area contributed by atoms with Gasteiger partial charge in [-0.05, 0) is 36.6 Å². The smallest absolute Gasteiger partial charge is 0.124 e. The Hall–Kier alpha value is 0.210. The van der Waals surface area contributed by atoms with Crippen LogP contribution >= 0.6 is 39.1 Å². The Morgan fingerprint density at radius 1 is 1.25 bits per heavy atom. The molecule has 0 bridgehead atoms.